The fourth-order valence-corrected chi connectivity index (χ4v) is 7.25. The highest BCUT2D eigenvalue weighted by Gasteiger charge is 2.38. The average molecular weight is 507 g/mol. The monoisotopic (exact) mass is 506 g/mol. The third-order valence-corrected chi connectivity index (χ3v) is 9.39. The molecule has 0 aliphatic heterocycles. The molecule has 0 spiro atoms. The summed E-state index contributed by atoms with van der Waals surface area (Å²) >= 11 is 0. The summed E-state index contributed by atoms with van der Waals surface area (Å²) < 4.78 is 60.4. The van der Waals surface area contributed by atoms with E-state index in [1.165, 1.54) is 69.6 Å². The van der Waals surface area contributed by atoms with Crippen LogP contribution in [0, 0.1) is 41.3 Å². The second-order valence-corrected chi connectivity index (χ2v) is 11.4. The lowest BCUT2D eigenvalue weighted by atomic mass is 9.65. The van der Waals surface area contributed by atoms with Crippen LogP contribution in [0.25, 0.3) is 6.08 Å². The number of alkyl halides is 3. The van der Waals surface area contributed by atoms with E-state index in [0.29, 0.717) is 0 Å². The zero-order valence-electron chi connectivity index (χ0n) is 21.7. The van der Waals surface area contributed by atoms with Gasteiger partial charge in [-0.25, -0.2) is 4.39 Å². The zero-order chi connectivity index (χ0) is 25.7. The summed E-state index contributed by atoms with van der Waals surface area (Å²) in [6, 6.07) is 2.62. The van der Waals surface area contributed by atoms with Gasteiger partial charge in [-0.05, 0) is 131 Å². The Balaban J connectivity index is 1.28. The molecule has 0 unspecified atom stereocenters. The maximum absolute atomic E-state index is 14.5. The number of benzene rings is 1. The van der Waals surface area contributed by atoms with Crippen LogP contribution in [0.15, 0.2) is 30.9 Å². The van der Waals surface area contributed by atoms with E-state index in [2.05, 4.69) is 12.7 Å². The molecule has 1 aromatic rings. The van der Waals surface area contributed by atoms with Gasteiger partial charge in [0.05, 0.1) is 6.61 Å². The Morgan fingerprint density at radius 2 is 1.28 bits per heavy atom. The highest BCUT2D eigenvalue weighted by Crippen LogP contribution is 2.46. The van der Waals surface area contributed by atoms with Crippen molar-refractivity contribution in [3.63, 3.8) is 0 Å². The Kier molecular flexibility index (Phi) is 9.22. The molecule has 0 atom stereocenters. The summed E-state index contributed by atoms with van der Waals surface area (Å²) in [5.74, 6) is 2.71. The van der Waals surface area contributed by atoms with Crippen molar-refractivity contribution >= 4 is 6.08 Å². The van der Waals surface area contributed by atoms with Gasteiger partial charge in [-0.2, -0.15) is 13.2 Å². The van der Waals surface area contributed by atoms with Gasteiger partial charge in [-0.3, -0.25) is 0 Å². The topological polar surface area (TPSA) is 9.23 Å². The Morgan fingerprint density at radius 1 is 0.806 bits per heavy atom. The van der Waals surface area contributed by atoms with E-state index in [1.807, 2.05) is 6.08 Å². The van der Waals surface area contributed by atoms with Crippen LogP contribution >= 0.6 is 0 Å². The van der Waals surface area contributed by atoms with Gasteiger partial charge in [0, 0.05) is 0 Å². The van der Waals surface area contributed by atoms with Crippen molar-refractivity contribution < 1.29 is 22.3 Å². The summed E-state index contributed by atoms with van der Waals surface area (Å²) in [6.45, 7) is 5.71. The molecule has 1 nitrogen and oxygen atoms in total. The van der Waals surface area contributed by atoms with E-state index in [4.69, 9.17) is 4.74 Å². The van der Waals surface area contributed by atoms with Crippen LogP contribution in [-0.2, 0) is 6.18 Å². The number of hydrogen-bond acceptors (Lipinski definition) is 1. The first kappa shape index (κ1) is 27.3. The summed E-state index contributed by atoms with van der Waals surface area (Å²) in [5.41, 5.74) is -1.35. The highest BCUT2D eigenvalue weighted by molar-refractivity contribution is 5.57. The minimum Gasteiger partial charge on any atom is -0.491 e. The van der Waals surface area contributed by atoms with Gasteiger partial charge in [0.1, 0.15) is 5.56 Å². The second-order valence-electron chi connectivity index (χ2n) is 11.4. The van der Waals surface area contributed by atoms with E-state index in [0.717, 1.165) is 55.3 Å². The van der Waals surface area contributed by atoms with Gasteiger partial charge in [-0.15, -0.1) is 6.58 Å². The molecule has 0 heterocycles. The number of hydrogen-bond donors (Lipinski definition) is 0. The molecule has 0 saturated heterocycles. The molecule has 1 aromatic carbocycles. The van der Waals surface area contributed by atoms with Crippen LogP contribution in [0.4, 0.5) is 17.6 Å². The summed E-state index contributed by atoms with van der Waals surface area (Å²) in [5, 5.41) is 0. The normalized spacial score (nSPS) is 31.9. The van der Waals surface area contributed by atoms with Crippen LogP contribution in [-0.4, -0.2) is 6.61 Å². The molecule has 0 radical (unpaired) electrons. The minimum atomic E-state index is -4.77. The van der Waals surface area contributed by atoms with Gasteiger partial charge in [0.15, 0.2) is 11.6 Å². The van der Waals surface area contributed by atoms with Crippen LogP contribution in [0.2, 0.25) is 0 Å². The average Bonchev–Trinajstić information content (AvgIpc) is 2.88. The Bertz CT molecular complexity index is 881. The summed E-state index contributed by atoms with van der Waals surface area (Å²) in [6.07, 6.45) is 15.9. The largest absolute Gasteiger partial charge is 0.491 e. The Morgan fingerprint density at radius 3 is 1.72 bits per heavy atom. The first-order valence-corrected chi connectivity index (χ1v) is 14.1. The maximum Gasteiger partial charge on any atom is 0.419 e. The molecule has 36 heavy (non-hydrogen) atoms. The molecule has 3 aliphatic carbocycles. The lowest BCUT2D eigenvalue weighted by Gasteiger charge is -2.41. The quantitative estimate of drug-likeness (QED) is 0.264. The predicted molar refractivity (Wildman–Crippen MR) is 138 cm³/mol. The molecule has 3 fully saturated rings. The maximum atomic E-state index is 14.5. The third-order valence-electron chi connectivity index (χ3n) is 9.39. The van der Waals surface area contributed by atoms with E-state index in [-0.39, 0.29) is 23.8 Å². The van der Waals surface area contributed by atoms with E-state index >= 15 is 0 Å². The molecular formula is C31H42F4O. The molecule has 3 saturated carbocycles. The van der Waals surface area contributed by atoms with Gasteiger partial charge < -0.3 is 4.74 Å². The fraction of sp³-hybridized carbons (Fsp3) is 0.677. The molecule has 0 N–H and O–H groups in total. The van der Waals surface area contributed by atoms with Crippen molar-refractivity contribution in [2.45, 2.75) is 90.1 Å². The molecule has 0 amide bonds. The van der Waals surface area contributed by atoms with Gasteiger partial charge in [-0.1, -0.05) is 24.3 Å². The third kappa shape index (κ3) is 6.55. The molecule has 0 aromatic heterocycles. The summed E-state index contributed by atoms with van der Waals surface area (Å²) in [7, 11) is 0. The van der Waals surface area contributed by atoms with Crippen LogP contribution in [0.5, 0.6) is 5.75 Å². The van der Waals surface area contributed by atoms with E-state index < -0.39 is 17.6 Å². The number of rotatable bonds is 7. The van der Waals surface area contributed by atoms with Gasteiger partial charge in [0.25, 0.3) is 0 Å². The molecule has 0 bridgehead atoms. The SMILES string of the molecule is C=CC1CCC(C2CCC(C3CCC(/C=C/c4ccc(OCC)c(F)c4C(F)(F)F)CC3)CC2)CC1. The van der Waals surface area contributed by atoms with Crippen LogP contribution in [0.3, 0.4) is 0 Å². The smallest absolute Gasteiger partial charge is 0.419 e. The van der Waals surface area contributed by atoms with E-state index in [9.17, 15) is 17.6 Å². The van der Waals surface area contributed by atoms with Crippen LogP contribution < -0.4 is 4.74 Å². The Hall–Kier alpha value is -1.78. The molecular weight excluding hydrogens is 464 g/mol. The molecule has 3 aliphatic rings. The minimum absolute atomic E-state index is 0.116. The van der Waals surface area contributed by atoms with Crippen LogP contribution in [0.1, 0.15) is 95.1 Å². The van der Waals surface area contributed by atoms with Crippen molar-refractivity contribution in [3.05, 3.63) is 47.8 Å². The Labute approximate surface area is 214 Å². The van der Waals surface area contributed by atoms with Crippen molar-refractivity contribution in [1.29, 1.82) is 0 Å². The van der Waals surface area contributed by atoms with Gasteiger partial charge >= 0.3 is 6.18 Å². The van der Waals surface area contributed by atoms with Crippen molar-refractivity contribution in [3.8, 4) is 5.75 Å². The van der Waals surface area contributed by atoms with Gasteiger partial charge in [0.2, 0.25) is 0 Å². The molecule has 4 rings (SSSR count). The standard InChI is InChI=1S/C31H42F4O/c1-3-21-5-10-23(11-6-21)25-15-17-26(18-16-25)24-12-7-22(8-13-24)9-14-27-19-20-28(36-4-2)30(32)29(27)31(33,34)35/h3,9,14,19-26H,1,4-8,10-13,15-18H2,2H3/b14-9+. The lowest BCUT2D eigenvalue weighted by Crippen LogP contribution is -2.29. The first-order valence-electron chi connectivity index (χ1n) is 14.1. The molecule has 200 valence electrons. The number of ether oxygens (including phenoxy) is 1. The van der Waals surface area contributed by atoms with Crippen molar-refractivity contribution in [1.82, 2.24) is 0 Å². The number of allylic oxidation sites excluding steroid dienone is 2. The zero-order valence-corrected chi connectivity index (χ0v) is 21.7. The second kappa shape index (κ2) is 12.2. The molecule has 5 heteroatoms. The highest BCUT2D eigenvalue weighted by atomic mass is 19.4. The van der Waals surface area contributed by atoms with Crippen molar-refractivity contribution in [2.24, 2.45) is 35.5 Å². The van der Waals surface area contributed by atoms with E-state index in [1.54, 1.807) is 6.92 Å². The first-order chi connectivity index (χ1) is 17.3. The fourth-order valence-electron chi connectivity index (χ4n) is 7.25. The lowest BCUT2D eigenvalue weighted by molar-refractivity contribution is -0.140. The van der Waals surface area contributed by atoms with Crippen molar-refractivity contribution in [2.75, 3.05) is 6.61 Å². The summed E-state index contributed by atoms with van der Waals surface area (Å²) in [4.78, 5) is 0. The number of halogens is 4. The predicted octanol–water partition coefficient (Wildman–Crippen LogP) is 9.86.